The van der Waals surface area contributed by atoms with Gasteiger partial charge in [0.1, 0.15) is 5.75 Å². The largest absolute Gasteiger partial charge is 0.497 e. The first kappa shape index (κ1) is 9.45. The quantitative estimate of drug-likeness (QED) is 0.638. The Balaban J connectivity index is 3.13. The first-order chi connectivity index (χ1) is 6.27. The zero-order valence-corrected chi connectivity index (χ0v) is 7.72. The molecule has 13 heavy (non-hydrogen) atoms. The third-order valence-electron chi connectivity index (χ3n) is 1.43. The summed E-state index contributed by atoms with van der Waals surface area (Å²) in [6.07, 6.45) is 0. The molecule has 0 heterocycles. The Bertz CT molecular complexity index is 409. The van der Waals surface area contributed by atoms with E-state index in [2.05, 4.69) is 11.8 Å². The maximum absolute atomic E-state index is 8.25. The van der Waals surface area contributed by atoms with Crippen LogP contribution >= 0.6 is 11.6 Å². The van der Waals surface area contributed by atoms with Crippen LogP contribution in [0.4, 0.5) is 0 Å². The van der Waals surface area contributed by atoms with E-state index in [1.807, 2.05) is 0 Å². The second-order valence-electron chi connectivity index (χ2n) is 2.21. The third kappa shape index (κ3) is 2.40. The molecule has 0 amide bonds. The summed E-state index contributed by atoms with van der Waals surface area (Å²) in [5, 5.41) is 8.76. The summed E-state index contributed by atoms with van der Waals surface area (Å²) in [4.78, 5) is 0. The van der Waals surface area contributed by atoms with E-state index in [1.54, 1.807) is 31.4 Å². The van der Waals surface area contributed by atoms with Gasteiger partial charge in [0.05, 0.1) is 12.1 Å². The Morgan fingerprint density at radius 3 is 2.85 bits per heavy atom. The number of ether oxygens (including phenoxy) is 1. The van der Waals surface area contributed by atoms with Gasteiger partial charge < -0.3 is 4.74 Å². The molecule has 0 unspecified atom stereocenters. The van der Waals surface area contributed by atoms with E-state index in [1.165, 1.54) is 0 Å². The van der Waals surface area contributed by atoms with E-state index in [0.717, 1.165) is 0 Å². The summed E-state index contributed by atoms with van der Waals surface area (Å²) in [5.74, 6) is 5.56. The monoisotopic (exact) mass is 191 g/mol. The summed E-state index contributed by atoms with van der Waals surface area (Å²) in [5.41, 5.74) is 0.600. The molecular formula is C10H6ClNO. The molecule has 0 aliphatic heterocycles. The van der Waals surface area contributed by atoms with E-state index in [-0.39, 0.29) is 0 Å². The van der Waals surface area contributed by atoms with Gasteiger partial charge in [-0.15, -0.1) is 0 Å². The average molecular weight is 192 g/mol. The number of nitriles is 1. The Morgan fingerprint density at radius 2 is 2.23 bits per heavy atom. The molecule has 1 aromatic rings. The van der Waals surface area contributed by atoms with Crippen molar-refractivity contribution >= 4 is 11.6 Å². The molecule has 1 rings (SSSR count). The van der Waals surface area contributed by atoms with Crippen molar-refractivity contribution in [2.45, 2.75) is 0 Å². The van der Waals surface area contributed by atoms with Crippen LogP contribution in [0.15, 0.2) is 18.2 Å². The van der Waals surface area contributed by atoms with Crippen LogP contribution in [0.5, 0.6) is 5.75 Å². The Morgan fingerprint density at radius 1 is 1.46 bits per heavy atom. The predicted octanol–water partition coefficient (Wildman–Crippen LogP) is 2.22. The number of halogens is 1. The summed E-state index contributed by atoms with van der Waals surface area (Å²) >= 11 is 5.82. The Hall–Kier alpha value is -1.64. The summed E-state index contributed by atoms with van der Waals surface area (Å²) < 4.78 is 4.98. The fourth-order valence-electron chi connectivity index (χ4n) is 0.822. The zero-order valence-electron chi connectivity index (χ0n) is 6.97. The van der Waals surface area contributed by atoms with Crippen molar-refractivity contribution in [1.29, 1.82) is 5.26 Å². The van der Waals surface area contributed by atoms with Gasteiger partial charge in [0.25, 0.3) is 0 Å². The van der Waals surface area contributed by atoms with Crippen molar-refractivity contribution in [1.82, 2.24) is 0 Å². The third-order valence-corrected chi connectivity index (χ3v) is 1.76. The first-order valence-corrected chi connectivity index (χ1v) is 3.89. The van der Waals surface area contributed by atoms with Gasteiger partial charge in [-0.3, -0.25) is 0 Å². The van der Waals surface area contributed by atoms with E-state index >= 15 is 0 Å². The van der Waals surface area contributed by atoms with Crippen LogP contribution in [0.2, 0.25) is 5.02 Å². The van der Waals surface area contributed by atoms with Crippen LogP contribution in [0.3, 0.4) is 0 Å². The highest BCUT2D eigenvalue weighted by Gasteiger charge is 1.98. The molecule has 0 N–H and O–H groups in total. The highest BCUT2D eigenvalue weighted by molar-refractivity contribution is 6.31. The maximum atomic E-state index is 8.25. The van der Waals surface area contributed by atoms with E-state index in [4.69, 9.17) is 21.6 Å². The van der Waals surface area contributed by atoms with Gasteiger partial charge in [-0.05, 0) is 24.1 Å². The van der Waals surface area contributed by atoms with Crippen molar-refractivity contribution in [2.24, 2.45) is 0 Å². The fourth-order valence-corrected chi connectivity index (χ4v) is 0.987. The lowest BCUT2D eigenvalue weighted by Crippen LogP contribution is -1.84. The summed E-state index contributed by atoms with van der Waals surface area (Å²) in [6.45, 7) is 0. The van der Waals surface area contributed by atoms with Crippen molar-refractivity contribution in [3.63, 3.8) is 0 Å². The molecule has 0 radical (unpaired) electrons. The molecule has 0 spiro atoms. The number of rotatable bonds is 1. The normalized spacial score (nSPS) is 8.08. The topological polar surface area (TPSA) is 33.0 Å². The minimum atomic E-state index is 0.517. The summed E-state index contributed by atoms with van der Waals surface area (Å²) in [7, 11) is 1.56. The van der Waals surface area contributed by atoms with Gasteiger partial charge in [0.15, 0.2) is 6.07 Å². The molecule has 0 aliphatic rings. The molecule has 0 aromatic heterocycles. The number of hydrogen-bond acceptors (Lipinski definition) is 2. The summed E-state index contributed by atoms with van der Waals surface area (Å²) in [6, 6.07) is 6.83. The van der Waals surface area contributed by atoms with E-state index < -0.39 is 0 Å². The standard InChI is InChI=1S/C10H6ClNO/c1-13-9-4-5-10(11)8(7-9)3-2-6-12/h4-5,7H,1H3. The molecule has 3 heteroatoms. The molecule has 0 saturated heterocycles. The predicted molar refractivity (Wildman–Crippen MR) is 50.5 cm³/mol. The van der Waals surface area contributed by atoms with E-state index in [0.29, 0.717) is 16.3 Å². The Labute approximate surface area is 81.7 Å². The van der Waals surface area contributed by atoms with E-state index in [9.17, 15) is 0 Å². The number of methoxy groups -OCH3 is 1. The number of hydrogen-bond donors (Lipinski definition) is 0. The van der Waals surface area contributed by atoms with Gasteiger partial charge in [0, 0.05) is 11.5 Å². The fraction of sp³-hybridized carbons (Fsp3) is 0.100. The lowest BCUT2D eigenvalue weighted by atomic mass is 10.2. The van der Waals surface area contributed by atoms with Crippen molar-refractivity contribution in [3.8, 4) is 23.7 Å². The first-order valence-electron chi connectivity index (χ1n) is 3.51. The minimum absolute atomic E-state index is 0.517. The van der Waals surface area contributed by atoms with Crippen molar-refractivity contribution < 1.29 is 4.74 Å². The molecule has 1 aromatic carbocycles. The van der Waals surface area contributed by atoms with Gasteiger partial charge in [-0.1, -0.05) is 11.6 Å². The molecule has 0 atom stereocenters. The molecule has 64 valence electrons. The second-order valence-corrected chi connectivity index (χ2v) is 2.61. The molecule has 0 fully saturated rings. The average Bonchev–Trinajstić information content (AvgIpc) is 2.17. The maximum Gasteiger partial charge on any atom is 0.152 e. The van der Waals surface area contributed by atoms with Crippen LogP contribution in [-0.2, 0) is 0 Å². The highest BCUT2D eigenvalue weighted by atomic mass is 35.5. The highest BCUT2D eigenvalue weighted by Crippen LogP contribution is 2.20. The Kier molecular flexibility index (Phi) is 3.20. The smallest absolute Gasteiger partial charge is 0.152 e. The van der Waals surface area contributed by atoms with Gasteiger partial charge in [-0.25, -0.2) is 0 Å². The molecule has 0 bridgehead atoms. The lowest BCUT2D eigenvalue weighted by Gasteiger charge is -2.00. The van der Waals surface area contributed by atoms with Crippen LogP contribution in [0, 0.1) is 23.2 Å². The number of nitrogens with zero attached hydrogens (tertiary/aromatic N) is 1. The lowest BCUT2D eigenvalue weighted by molar-refractivity contribution is 0.414. The SMILES string of the molecule is COc1ccc(Cl)c(C#CC#N)c1. The van der Waals surface area contributed by atoms with Crippen LogP contribution in [0.25, 0.3) is 0 Å². The molecule has 2 nitrogen and oxygen atoms in total. The molecule has 0 saturated carbocycles. The molecular weight excluding hydrogens is 186 g/mol. The van der Waals surface area contributed by atoms with Crippen molar-refractivity contribution in [2.75, 3.05) is 7.11 Å². The number of benzene rings is 1. The van der Waals surface area contributed by atoms with Crippen LogP contribution < -0.4 is 4.74 Å². The van der Waals surface area contributed by atoms with Gasteiger partial charge >= 0.3 is 0 Å². The molecule has 0 aliphatic carbocycles. The van der Waals surface area contributed by atoms with Gasteiger partial charge in [0.2, 0.25) is 0 Å². The minimum Gasteiger partial charge on any atom is -0.497 e. The zero-order chi connectivity index (χ0) is 9.68. The van der Waals surface area contributed by atoms with Crippen molar-refractivity contribution in [3.05, 3.63) is 28.8 Å². The second kappa shape index (κ2) is 4.40. The van der Waals surface area contributed by atoms with Crippen LogP contribution in [0.1, 0.15) is 5.56 Å². The van der Waals surface area contributed by atoms with Gasteiger partial charge in [-0.2, -0.15) is 5.26 Å². The van der Waals surface area contributed by atoms with Crippen LogP contribution in [-0.4, -0.2) is 7.11 Å².